The summed E-state index contributed by atoms with van der Waals surface area (Å²) < 4.78 is 5.95. The highest BCUT2D eigenvalue weighted by Crippen LogP contribution is 2.29. The van der Waals surface area contributed by atoms with E-state index in [0.717, 1.165) is 25.3 Å². The minimum Gasteiger partial charge on any atom is -0.488 e. The van der Waals surface area contributed by atoms with Gasteiger partial charge in [0.1, 0.15) is 11.9 Å². The number of nitrogens with zero attached hydrogens (tertiary/aromatic N) is 1. The van der Waals surface area contributed by atoms with E-state index in [9.17, 15) is 0 Å². The summed E-state index contributed by atoms with van der Waals surface area (Å²) in [5.41, 5.74) is 5.15. The molecule has 0 radical (unpaired) electrons. The van der Waals surface area contributed by atoms with Gasteiger partial charge in [0.05, 0.1) is 0 Å². The van der Waals surface area contributed by atoms with E-state index in [0.29, 0.717) is 0 Å². The first-order valence-electron chi connectivity index (χ1n) is 7.09. The van der Waals surface area contributed by atoms with Gasteiger partial charge in [-0.1, -0.05) is 17.7 Å². The van der Waals surface area contributed by atoms with Gasteiger partial charge in [-0.15, -0.1) is 0 Å². The molecule has 1 aliphatic heterocycles. The Hall–Kier alpha value is -1.87. The summed E-state index contributed by atoms with van der Waals surface area (Å²) >= 11 is 0. The predicted octanol–water partition coefficient (Wildman–Crippen LogP) is 2.79. The summed E-state index contributed by atoms with van der Waals surface area (Å²) in [5.74, 6) is 1.04. The van der Waals surface area contributed by atoms with E-state index >= 15 is 0 Å². The van der Waals surface area contributed by atoms with Gasteiger partial charge in [-0.25, -0.2) is 0 Å². The summed E-state index contributed by atoms with van der Waals surface area (Å²) in [5, 5.41) is 3.47. The lowest BCUT2D eigenvalue weighted by molar-refractivity contribution is 0.227. The lowest BCUT2D eigenvalue weighted by Gasteiger charge is -2.12. The van der Waals surface area contributed by atoms with Crippen molar-refractivity contribution in [3.63, 3.8) is 0 Å². The van der Waals surface area contributed by atoms with Crippen LogP contribution in [0.5, 0.6) is 5.75 Å². The van der Waals surface area contributed by atoms with Crippen molar-refractivity contribution in [1.82, 2.24) is 10.3 Å². The van der Waals surface area contributed by atoms with Crippen LogP contribution < -0.4 is 10.1 Å². The Balaban J connectivity index is 1.53. The van der Waals surface area contributed by atoms with Crippen LogP contribution in [-0.4, -0.2) is 17.6 Å². The Labute approximate surface area is 120 Å². The number of aromatic nitrogens is 1. The predicted molar refractivity (Wildman–Crippen MR) is 80.0 cm³/mol. The Morgan fingerprint density at radius 2 is 2.20 bits per heavy atom. The van der Waals surface area contributed by atoms with Crippen molar-refractivity contribution in [1.29, 1.82) is 0 Å². The second-order valence-corrected chi connectivity index (χ2v) is 5.49. The molecule has 0 saturated carbocycles. The van der Waals surface area contributed by atoms with Crippen LogP contribution in [-0.2, 0) is 13.0 Å². The van der Waals surface area contributed by atoms with Crippen molar-refractivity contribution in [2.24, 2.45) is 0 Å². The molecule has 1 atom stereocenters. The fraction of sp³-hybridized carbons (Fsp3) is 0.353. The minimum absolute atomic E-state index is 0.240. The number of hydrogen-bond donors (Lipinski definition) is 1. The van der Waals surface area contributed by atoms with Gasteiger partial charge in [-0.05, 0) is 42.7 Å². The number of nitrogens with one attached hydrogen (secondary N) is 1. The first-order chi connectivity index (χ1) is 9.72. The molecule has 3 nitrogen and oxygen atoms in total. The normalized spacial score (nSPS) is 16.8. The van der Waals surface area contributed by atoms with Crippen molar-refractivity contribution < 1.29 is 4.74 Å². The SMILES string of the molecule is Cc1ccc2c(c1)CC(CNCc1cnccc1C)O2. The zero-order valence-electron chi connectivity index (χ0n) is 12.0. The molecular formula is C17H20N2O. The maximum absolute atomic E-state index is 5.95. The second kappa shape index (κ2) is 5.63. The smallest absolute Gasteiger partial charge is 0.123 e. The molecule has 1 aromatic heterocycles. The van der Waals surface area contributed by atoms with Crippen molar-refractivity contribution in [2.45, 2.75) is 32.9 Å². The van der Waals surface area contributed by atoms with Crippen LogP contribution in [0.4, 0.5) is 0 Å². The van der Waals surface area contributed by atoms with Gasteiger partial charge in [0.2, 0.25) is 0 Å². The summed E-state index contributed by atoms with van der Waals surface area (Å²) in [4.78, 5) is 4.17. The van der Waals surface area contributed by atoms with Crippen LogP contribution >= 0.6 is 0 Å². The molecule has 2 aromatic rings. The number of aryl methyl sites for hydroxylation is 2. The van der Waals surface area contributed by atoms with Crippen LogP contribution in [0.15, 0.2) is 36.7 Å². The number of ether oxygens (including phenoxy) is 1. The molecule has 1 aliphatic rings. The van der Waals surface area contributed by atoms with E-state index in [4.69, 9.17) is 4.74 Å². The Kier molecular flexibility index (Phi) is 3.70. The third kappa shape index (κ3) is 2.83. The molecule has 0 aliphatic carbocycles. The van der Waals surface area contributed by atoms with Gasteiger partial charge < -0.3 is 10.1 Å². The number of hydrogen-bond acceptors (Lipinski definition) is 3. The monoisotopic (exact) mass is 268 g/mol. The van der Waals surface area contributed by atoms with Gasteiger partial charge in [0, 0.05) is 31.9 Å². The lowest BCUT2D eigenvalue weighted by Crippen LogP contribution is -2.29. The van der Waals surface area contributed by atoms with Gasteiger partial charge >= 0.3 is 0 Å². The Bertz CT molecular complexity index is 610. The number of pyridine rings is 1. The van der Waals surface area contributed by atoms with Crippen LogP contribution in [0.1, 0.15) is 22.3 Å². The van der Waals surface area contributed by atoms with Crippen LogP contribution in [0, 0.1) is 13.8 Å². The molecule has 1 unspecified atom stereocenters. The zero-order chi connectivity index (χ0) is 13.9. The van der Waals surface area contributed by atoms with Gasteiger partial charge in [-0.2, -0.15) is 0 Å². The fourth-order valence-corrected chi connectivity index (χ4v) is 2.61. The molecule has 0 saturated heterocycles. The molecule has 3 rings (SSSR count). The standard InChI is InChI=1S/C17H20N2O/c1-12-3-4-17-14(7-12)8-16(20-17)11-19-10-15-9-18-6-5-13(15)2/h3-7,9,16,19H,8,10-11H2,1-2H3. The Morgan fingerprint density at radius 1 is 1.30 bits per heavy atom. The average molecular weight is 268 g/mol. The second-order valence-electron chi connectivity index (χ2n) is 5.49. The summed E-state index contributed by atoms with van der Waals surface area (Å²) in [7, 11) is 0. The summed E-state index contributed by atoms with van der Waals surface area (Å²) in [6, 6.07) is 8.45. The molecule has 0 bridgehead atoms. The fourth-order valence-electron chi connectivity index (χ4n) is 2.61. The highest BCUT2D eigenvalue weighted by atomic mass is 16.5. The van der Waals surface area contributed by atoms with Crippen LogP contribution in [0.2, 0.25) is 0 Å². The molecule has 1 N–H and O–H groups in total. The van der Waals surface area contributed by atoms with E-state index in [1.54, 1.807) is 0 Å². The van der Waals surface area contributed by atoms with Crippen molar-refractivity contribution >= 4 is 0 Å². The van der Waals surface area contributed by atoms with Gasteiger partial charge in [0.25, 0.3) is 0 Å². The average Bonchev–Trinajstić information content (AvgIpc) is 2.83. The molecule has 0 fully saturated rings. The zero-order valence-corrected chi connectivity index (χ0v) is 12.0. The summed E-state index contributed by atoms with van der Waals surface area (Å²) in [6.07, 6.45) is 4.99. The van der Waals surface area contributed by atoms with Gasteiger partial charge in [-0.3, -0.25) is 4.98 Å². The van der Waals surface area contributed by atoms with E-state index < -0.39 is 0 Å². The molecule has 104 valence electrons. The molecule has 20 heavy (non-hydrogen) atoms. The maximum Gasteiger partial charge on any atom is 0.123 e. The third-order valence-electron chi connectivity index (χ3n) is 3.79. The molecule has 3 heteroatoms. The van der Waals surface area contributed by atoms with E-state index in [1.165, 1.54) is 22.3 Å². The number of rotatable bonds is 4. The van der Waals surface area contributed by atoms with E-state index in [1.807, 2.05) is 18.5 Å². The van der Waals surface area contributed by atoms with Crippen LogP contribution in [0.3, 0.4) is 0 Å². The quantitative estimate of drug-likeness (QED) is 0.926. The first kappa shape index (κ1) is 13.1. The summed E-state index contributed by atoms with van der Waals surface area (Å²) in [6.45, 7) is 5.94. The Morgan fingerprint density at radius 3 is 3.05 bits per heavy atom. The minimum atomic E-state index is 0.240. The van der Waals surface area contributed by atoms with Crippen molar-refractivity contribution in [3.8, 4) is 5.75 Å². The topological polar surface area (TPSA) is 34.2 Å². The molecule has 1 aromatic carbocycles. The molecular weight excluding hydrogens is 248 g/mol. The van der Waals surface area contributed by atoms with Crippen molar-refractivity contribution in [3.05, 3.63) is 58.9 Å². The van der Waals surface area contributed by atoms with Crippen LogP contribution in [0.25, 0.3) is 0 Å². The number of benzene rings is 1. The van der Waals surface area contributed by atoms with Crippen molar-refractivity contribution in [2.75, 3.05) is 6.54 Å². The molecule has 0 spiro atoms. The number of fused-ring (bicyclic) bond motifs is 1. The molecule has 0 amide bonds. The van der Waals surface area contributed by atoms with E-state index in [2.05, 4.69) is 42.3 Å². The maximum atomic E-state index is 5.95. The van der Waals surface area contributed by atoms with Gasteiger partial charge in [0.15, 0.2) is 0 Å². The van der Waals surface area contributed by atoms with E-state index in [-0.39, 0.29) is 6.10 Å². The molecule has 2 heterocycles. The largest absolute Gasteiger partial charge is 0.488 e. The third-order valence-corrected chi connectivity index (χ3v) is 3.79. The first-order valence-corrected chi connectivity index (χ1v) is 7.09. The highest BCUT2D eigenvalue weighted by Gasteiger charge is 2.22. The highest BCUT2D eigenvalue weighted by molar-refractivity contribution is 5.40. The lowest BCUT2D eigenvalue weighted by atomic mass is 10.1.